The van der Waals surface area contributed by atoms with Crippen LogP contribution in [0.25, 0.3) is 0 Å². The predicted molar refractivity (Wildman–Crippen MR) is 182 cm³/mol. The number of benzene rings is 1. The van der Waals surface area contributed by atoms with Gasteiger partial charge in [-0.2, -0.15) is 0 Å². The Morgan fingerprint density at radius 1 is 0.591 bits per heavy atom. The van der Waals surface area contributed by atoms with Gasteiger partial charge in [0, 0.05) is 24.0 Å². The number of rotatable bonds is 26. The lowest BCUT2D eigenvalue weighted by Gasteiger charge is -2.32. The van der Waals surface area contributed by atoms with Crippen LogP contribution in [0.4, 0.5) is 0 Å². The van der Waals surface area contributed by atoms with E-state index in [2.05, 4.69) is 48.5 Å². The first kappa shape index (κ1) is 39.8. The molecule has 0 saturated heterocycles. The van der Waals surface area contributed by atoms with Crippen LogP contribution in [0.15, 0.2) is 12.1 Å². The first-order chi connectivity index (χ1) is 21.0. The molecule has 6 heteroatoms. The quantitative estimate of drug-likeness (QED) is 0.0821. The fourth-order valence-corrected chi connectivity index (χ4v) is 5.63. The van der Waals surface area contributed by atoms with Gasteiger partial charge in [0.1, 0.15) is 11.5 Å². The minimum Gasteiger partial charge on any atom is -0.508 e. The number of carbonyl (C=O) groups excluding carboxylic acids is 2. The van der Waals surface area contributed by atoms with E-state index in [4.69, 9.17) is 14.2 Å². The lowest BCUT2D eigenvalue weighted by Crippen LogP contribution is -2.22. The lowest BCUT2D eigenvalue weighted by atomic mass is 9.75. The highest BCUT2D eigenvalue weighted by atomic mass is 16.5. The second kappa shape index (κ2) is 22.3. The third kappa shape index (κ3) is 16.2. The molecule has 0 atom stereocenters. The highest BCUT2D eigenvalue weighted by Crippen LogP contribution is 2.44. The standard InChI is InChI=1S/C38H66O6/c1-8-11-14-16-18-27-43-35(40)22-20-24-37(4,5)31-30-34(42-26-13-10-3)32(29-33(31)39)38(6,7)25-21-23-36(41)44-28-19-17-15-12-9-2/h29-30,39H,8-28H2,1-7H3. The van der Waals surface area contributed by atoms with Crippen LogP contribution in [0.1, 0.15) is 175 Å². The van der Waals surface area contributed by atoms with E-state index in [-0.39, 0.29) is 28.5 Å². The van der Waals surface area contributed by atoms with Crippen molar-refractivity contribution in [1.29, 1.82) is 0 Å². The number of phenols is 1. The minimum absolute atomic E-state index is 0.133. The summed E-state index contributed by atoms with van der Waals surface area (Å²) in [5.41, 5.74) is 1.13. The Balaban J connectivity index is 2.80. The summed E-state index contributed by atoms with van der Waals surface area (Å²) < 4.78 is 17.2. The average molecular weight is 619 g/mol. The van der Waals surface area contributed by atoms with Gasteiger partial charge in [-0.05, 0) is 67.9 Å². The van der Waals surface area contributed by atoms with Crippen LogP contribution in [0.5, 0.6) is 11.5 Å². The van der Waals surface area contributed by atoms with Crippen LogP contribution in [0.2, 0.25) is 0 Å². The molecule has 254 valence electrons. The molecule has 1 N–H and O–H groups in total. The van der Waals surface area contributed by atoms with Gasteiger partial charge < -0.3 is 19.3 Å². The fraction of sp³-hybridized carbons (Fsp3) is 0.789. The fourth-order valence-electron chi connectivity index (χ4n) is 5.63. The maximum Gasteiger partial charge on any atom is 0.305 e. The van der Waals surface area contributed by atoms with E-state index in [1.165, 1.54) is 38.5 Å². The number of ether oxygens (including phenoxy) is 3. The Kier molecular flexibility index (Phi) is 20.2. The van der Waals surface area contributed by atoms with Gasteiger partial charge in [-0.15, -0.1) is 0 Å². The second-order valence-corrected chi connectivity index (χ2v) is 13.8. The number of unbranched alkanes of at least 4 members (excludes halogenated alkanes) is 9. The van der Waals surface area contributed by atoms with Crippen LogP contribution >= 0.6 is 0 Å². The zero-order valence-electron chi connectivity index (χ0n) is 29.5. The number of carbonyl (C=O) groups is 2. The van der Waals surface area contributed by atoms with Crippen molar-refractivity contribution in [1.82, 2.24) is 0 Å². The molecule has 1 aromatic carbocycles. The van der Waals surface area contributed by atoms with E-state index in [1.807, 2.05) is 12.1 Å². The van der Waals surface area contributed by atoms with E-state index in [1.54, 1.807) is 0 Å². The highest BCUT2D eigenvalue weighted by Gasteiger charge is 2.31. The molecule has 0 aromatic heterocycles. The third-order valence-corrected chi connectivity index (χ3v) is 8.70. The zero-order valence-corrected chi connectivity index (χ0v) is 29.5. The molecule has 0 amide bonds. The molecule has 0 aliphatic rings. The van der Waals surface area contributed by atoms with Crippen LogP contribution in [-0.4, -0.2) is 36.9 Å². The Morgan fingerprint density at radius 3 is 1.52 bits per heavy atom. The maximum atomic E-state index is 12.3. The summed E-state index contributed by atoms with van der Waals surface area (Å²) in [5, 5.41) is 11.3. The molecule has 6 nitrogen and oxygen atoms in total. The van der Waals surface area contributed by atoms with Crippen molar-refractivity contribution >= 4 is 11.9 Å². The van der Waals surface area contributed by atoms with Crippen LogP contribution in [-0.2, 0) is 29.9 Å². The molecule has 0 aliphatic carbocycles. The predicted octanol–water partition coefficient (Wildman–Crippen LogP) is 10.5. The molecule has 1 rings (SSSR count). The third-order valence-electron chi connectivity index (χ3n) is 8.70. The van der Waals surface area contributed by atoms with Crippen LogP contribution in [0, 0.1) is 0 Å². The molecule has 1 aromatic rings. The Hall–Kier alpha value is -2.24. The number of hydrogen-bond donors (Lipinski definition) is 1. The number of hydrogen-bond acceptors (Lipinski definition) is 6. The molecule has 0 radical (unpaired) electrons. The molecule has 0 saturated carbocycles. The highest BCUT2D eigenvalue weighted by molar-refractivity contribution is 5.69. The molecule has 0 aliphatic heterocycles. The molecule has 0 fully saturated rings. The summed E-state index contributed by atoms with van der Waals surface area (Å²) in [5.74, 6) is 0.767. The Morgan fingerprint density at radius 2 is 1.05 bits per heavy atom. The van der Waals surface area contributed by atoms with Crippen molar-refractivity contribution < 1.29 is 28.9 Å². The van der Waals surface area contributed by atoms with E-state index >= 15 is 0 Å². The van der Waals surface area contributed by atoms with Gasteiger partial charge in [-0.3, -0.25) is 9.59 Å². The van der Waals surface area contributed by atoms with Crippen molar-refractivity contribution in [2.24, 2.45) is 0 Å². The van der Waals surface area contributed by atoms with Gasteiger partial charge in [0.05, 0.1) is 19.8 Å². The lowest BCUT2D eigenvalue weighted by molar-refractivity contribution is -0.144. The average Bonchev–Trinajstić information content (AvgIpc) is 2.97. The van der Waals surface area contributed by atoms with E-state index in [0.717, 1.165) is 68.2 Å². The molecule has 0 heterocycles. The van der Waals surface area contributed by atoms with Crippen molar-refractivity contribution in [3.63, 3.8) is 0 Å². The van der Waals surface area contributed by atoms with Gasteiger partial charge >= 0.3 is 11.9 Å². The van der Waals surface area contributed by atoms with E-state index in [9.17, 15) is 14.7 Å². The molecule has 0 bridgehead atoms. The summed E-state index contributed by atoms with van der Waals surface area (Å²) in [6.07, 6.45) is 17.0. The van der Waals surface area contributed by atoms with Crippen LogP contribution in [0.3, 0.4) is 0 Å². The van der Waals surface area contributed by atoms with Crippen LogP contribution < -0.4 is 4.74 Å². The van der Waals surface area contributed by atoms with E-state index < -0.39 is 0 Å². The van der Waals surface area contributed by atoms with Crippen molar-refractivity contribution in [3.8, 4) is 11.5 Å². The van der Waals surface area contributed by atoms with Gasteiger partial charge in [0.2, 0.25) is 0 Å². The number of phenolic OH excluding ortho intramolecular Hbond substituents is 1. The summed E-state index contributed by atoms with van der Waals surface area (Å²) in [6.45, 7) is 16.7. The number of aromatic hydroxyl groups is 1. The molecular weight excluding hydrogens is 552 g/mol. The Labute approximate surface area is 270 Å². The molecule has 0 unspecified atom stereocenters. The zero-order chi connectivity index (χ0) is 32.8. The number of esters is 2. The largest absolute Gasteiger partial charge is 0.508 e. The summed E-state index contributed by atoms with van der Waals surface area (Å²) in [4.78, 5) is 24.6. The molecular formula is C38H66O6. The smallest absolute Gasteiger partial charge is 0.305 e. The Bertz CT molecular complexity index is 935. The van der Waals surface area contributed by atoms with Crippen molar-refractivity contribution in [2.45, 2.75) is 175 Å². The van der Waals surface area contributed by atoms with Crippen molar-refractivity contribution in [2.75, 3.05) is 19.8 Å². The van der Waals surface area contributed by atoms with Crippen molar-refractivity contribution in [3.05, 3.63) is 23.3 Å². The monoisotopic (exact) mass is 618 g/mol. The minimum atomic E-state index is -0.351. The normalized spacial score (nSPS) is 11.9. The summed E-state index contributed by atoms with van der Waals surface area (Å²) in [6, 6.07) is 3.86. The van der Waals surface area contributed by atoms with Gasteiger partial charge in [-0.25, -0.2) is 0 Å². The topological polar surface area (TPSA) is 82.1 Å². The maximum absolute atomic E-state index is 12.3. The van der Waals surface area contributed by atoms with E-state index in [0.29, 0.717) is 45.5 Å². The first-order valence-electron chi connectivity index (χ1n) is 17.8. The second-order valence-electron chi connectivity index (χ2n) is 13.8. The summed E-state index contributed by atoms with van der Waals surface area (Å²) >= 11 is 0. The van der Waals surface area contributed by atoms with Gasteiger partial charge in [-0.1, -0.05) is 106 Å². The first-order valence-corrected chi connectivity index (χ1v) is 17.8. The summed E-state index contributed by atoms with van der Waals surface area (Å²) in [7, 11) is 0. The van der Waals surface area contributed by atoms with Gasteiger partial charge in [0.25, 0.3) is 0 Å². The van der Waals surface area contributed by atoms with Gasteiger partial charge in [0.15, 0.2) is 0 Å². The molecule has 44 heavy (non-hydrogen) atoms. The SMILES string of the molecule is CCCCCCCOC(=O)CCCC(C)(C)c1cc(OCCCC)c(C(C)(C)CCCC(=O)OCCCCCCC)cc1O. The molecule has 0 spiro atoms.